The van der Waals surface area contributed by atoms with E-state index < -0.39 is 0 Å². The van der Waals surface area contributed by atoms with Gasteiger partial charge in [0.25, 0.3) is 0 Å². The maximum atomic E-state index is 8.71. The monoisotopic (exact) mass is 392 g/mol. The first-order valence-corrected chi connectivity index (χ1v) is 9.92. The van der Waals surface area contributed by atoms with Crippen LogP contribution in [0.5, 0.6) is 0 Å². The third-order valence-corrected chi connectivity index (χ3v) is 4.85. The van der Waals surface area contributed by atoms with Gasteiger partial charge in [-0.1, -0.05) is 6.07 Å². The second kappa shape index (κ2) is 9.88. The van der Waals surface area contributed by atoms with Crippen molar-refractivity contribution in [2.45, 2.75) is 19.3 Å². The summed E-state index contributed by atoms with van der Waals surface area (Å²) in [7, 11) is 0. The van der Waals surface area contributed by atoms with Gasteiger partial charge >= 0.3 is 0 Å². The largest absolute Gasteiger partial charge is 0.397 e. The Morgan fingerprint density at radius 2 is 2.24 bits per heavy atom. The molecule has 0 aromatic carbocycles. The molecule has 0 amide bonds. The molecule has 8 nitrogen and oxygen atoms in total. The fourth-order valence-corrected chi connectivity index (χ4v) is 3.26. The van der Waals surface area contributed by atoms with E-state index in [4.69, 9.17) is 21.5 Å². The summed E-state index contributed by atoms with van der Waals surface area (Å²) in [5.41, 5.74) is 8.57. The minimum absolute atomic E-state index is 0.247. The van der Waals surface area contributed by atoms with Crippen molar-refractivity contribution in [1.29, 1.82) is 10.8 Å². The van der Waals surface area contributed by atoms with Gasteiger partial charge in [0, 0.05) is 44.2 Å². The zero-order chi connectivity index (χ0) is 20.6. The summed E-state index contributed by atoms with van der Waals surface area (Å²) >= 11 is 0. The predicted octanol–water partition coefficient (Wildman–Crippen LogP) is 2.10. The second-order valence-electron chi connectivity index (χ2n) is 6.88. The molecule has 1 aliphatic heterocycles. The first kappa shape index (κ1) is 20.6. The van der Waals surface area contributed by atoms with Crippen LogP contribution in [-0.2, 0) is 0 Å². The number of aromatic nitrogens is 2. The van der Waals surface area contributed by atoms with Gasteiger partial charge in [-0.3, -0.25) is 15.4 Å². The molecule has 1 unspecified atom stereocenters. The quantitative estimate of drug-likeness (QED) is 0.537. The minimum Gasteiger partial charge on any atom is -0.397 e. The fourth-order valence-electron chi connectivity index (χ4n) is 3.26. The van der Waals surface area contributed by atoms with Crippen LogP contribution in [-0.4, -0.2) is 60.8 Å². The third kappa shape index (κ3) is 5.03. The standard InChI is InChI=1S/C21H28N8/c1-2-25-13-15(12-22)19-11-16(17(23)14-27-19)21(24)18-5-3-6-20(28-18)29-9-4-7-26-8-10-29/h3,5-6,11-15,22,24,26H,2,4,7-10,23H2,1H3. The van der Waals surface area contributed by atoms with E-state index in [0.717, 1.165) is 38.4 Å². The summed E-state index contributed by atoms with van der Waals surface area (Å²) in [4.78, 5) is 15.5. The smallest absolute Gasteiger partial charge is 0.129 e. The van der Waals surface area contributed by atoms with Crippen molar-refractivity contribution in [3.63, 3.8) is 0 Å². The maximum absolute atomic E-state index is 8.71. The Labute approximate surface area is 171 Å². The van der Waals surface area contributed by atoms with Crippen LogP contribution in [0, 0.1) is 10.8 Å². The molecule has 1 atom stereocenters. The van der Waals surface area contributed by atoms with E-state index in [1.54, 1.807) is 18.5 Å². The number of aliphatic imine (C=N–C) groups is 1. The van der Waals surface area contributed by atoms with Gasteiger partial charge < -0.3 is 21.4 Å². The number of rotatable bonds is 7. The first-order chi connectivity index (χ1) is 14.1. The molecule has 8 heteroatoms. The van der Waals surface area contributed by atoms with Crippen molar-refractivity contribution in [3.8, 4) is 0 Å². The molecule has 152 valence electrons. The minimum atomic E-state index is -0.342. The van der Waals surface area contributed by atoms with Gasteiger partial charge in [-0.25, -0.2) is 4.98 Å². The molecule has 3 rings (SSSR count). The Hall–Kier alpha value is -3.13. The average molecular weight is 393 g/mol. The van der Waals surface area contributed by atoms with Gasteiger partial charge in [0.15, 0.2) is 0 Å². The molecule has 5 N–H and O–H groups in total. The second-order valence-corrected chi connectivity index (χ2v) is 6.88. The average Bonchev–Trinajstić information content (AvgIpc) is 3.04. The van der Waals surface area contributed by atoms with Gasteiger partial charge in [-0.15, -0.1) is 0 Å². The molecule has 1 aliphatic rings. The SMILES string of the molecule is CCN=CC(C=N)c1cc(C(=N)c2cccc(N3CCCNCC3)n2)c(N)cn1. The van der Waals surface area contributed by atoms with E-state index in [9.17, 15) is 0 Å². The number of nitrogens with zero attached hydrogens (tertiary/aromatic N) is 4. The molecule has 1 fully saturated rings. The number of hydrogen-bond acceptors (Lipinski definition) is 8. The highest BCUT2D eigenvalue weighted by molar-refractivity contribution is 6.13. The molecule has 0 spiro atoms. The van der Waals surface area contributed by atoms with Crippen LogP contribution in [0.15, 0.2) is 35.5 Å². The summed E-state index contributed by atoms with van der Waals surface area (Å²) in [5, 5.41) is 19.8. The Bertz CT molecular complexity index is 884. The molecule has 0 saturated carbocycles. The number of hydrogen-bond donors (Lipinski definition) is 4. The van der Waals surface area contributed by atoms with Crippen molar-refractivity contribution in [2.24, 2.45) is 4.99 Å². The lowest BCUT2D eigenvalue weighted by Crippen LogP contribution is -2.29. The lowest BCUT2D eigenvalue weighted by molar-refractivity contribution is 0.724. The van der Waals surface area contributed by atoms with Gasteiger partial charge in [0.2, 0.25) is 0 Å². The lowest BCUT2D eigenvalue weighted by atomic mass is 10.0. The number of nitrogen functional groups attached to an aromatic ring is 1. The first-order valence-electron chi connectivity index (χ1n) is 9.92. The fraction of sp³-hybridized carbons (Fsp3) is 0.381. The molecule has 2 aromatic rings. The number of pyridine rings is 2. The third-order valence-electron chi connectivity index (χ3n) is 4.85. The van der Waals surface area contributed by atoms with E-state index >= 15 is 0 Å². The molecule has 3 heterocycles. The lowest BCUT2D eigenvalue weighted by Gasteiger charge is -2.21. The van der Waals surface area contributed by atoms with Crippen LogP contribution in [0.3, 0.4) is 0 Å². The molecule has 2 aromatic heterocycles. The van der Waals surface area contributed by atoms with Crippen LogP contribution >= 0.6 is 0 Å². The van der Waals surface area contributed by atoms with Gasteiger partial charge in [0.1, 0.15) is 5.82 Å². The molecule has 0 aliphatic carbocycles. The molecule has 29 heavy (non-hydrogen) atoms. The van der Waals surface area contributed by atoms with Crippen molar-refractivity contribution >= 4 is 29.6 Å². The summed E-state index contributed by atoms with van der Waals surface area (Å²) < 4.78 is 0. The Balaban J connectivity index is 1.90. The normalized spacial score (nSPS) is 15.8. The van der Waals surface area contributed by atoms with Gasteiger partial charge in [0.05, 0.1) is 34.9 Å². The van der Waals surface area contributed by atoms with Crippen LogP contribution in [0.2, 0.25) is 0 Å². The van der Waals surface area contributed by atoms with E-state index in [1.165, 1.54) is 6.21 Å². The Morgan fingerprint density at radius 1 is 1.38 bits per heavy atom. The molecular formula is C21H28N8. The summed E-state index contributed by atoms with van der Waals surface area (Å²) in [5.74, 6) is 0.530. The molecular weight excluding hydrogens is 364 g/mol. The maximum Gasteiger partial charge on any atom is 0.129 e. The van der Waals surface area contributed by atoms with Gasteiger partial charge in [-0.2, -0.15) is 0 Å². The van der Waals surface area contributed by atoms with E-state index in [1.807, 2.05) is 25.1 Å². The highest BCUT2D eigenvalue weighted by Crippen LogP contribution is 2.21. The predicted molar refractivity (Wildman–Crippen MR) is 119 cm³/mol. The summed E-state index contributed by atoms with van der Waals surface area (Å²) in [6, 6.07) is 7.50. The van der Waals surface area contributed by atoms with Crippen LogP contribution in [0.4, 0.5) is 11.5 Å². The molecule has 1 saturated heterocycles. The Morgan fingerprint density at radius 3 is 3.03 bits per heavy atom. The van der Waals surface area contributed by atoms with E-state index in [-0.39, 0.29) is 11.6 Å². The summed E-state index contributed by atoms with van der Waals surface area (Å²) in [6.45, 7) is 6.35. The van der Waals surface area contributed by atoms with Crippen molar-refractivity contribution < 1.29 is 0 Å². The molecule has 0 radical (unpaired) electrons. The zero-order valence-corrected chi connectivity index (χ0v) is 16.7. The highest BCUT2D eigenvalue weighted by Gasteiger charge is 2.17. The van der Waals surface area contributed by atoms with Gasteiger partial charge in [-0.05, 0) is 38.1 Å². The number of anilines is 2. The van der Waals surface area contributed by atoms with E-state index in [2.05, 4.69) is 20.2 Å². The topological polar surface area (TPSA) is 127 Å². The number of nitrogens with one attached hydrogen (secondary N) is 3. The van der Waals surface area contributed by atoms with Crippen LogP contribution in [0.25, 0.3) is 0 Å². The van der Waals surface area contributed by atoms with E-state index in [0.29, 0.717) is 29.2 Å². The Kier molecular flexibility index (Phi) is 7.02. The van der Waals surface area contributed by atoms with Crippen LogP contribution in [0.1, 0.15) is 36.2 Å². The van der Waals surface area contributed by atoms with Crippen molar-refractivity contribution in [2.75, 3.05) is 43.4 Å². The number of nitrogens with two attached hydrogens (primary N) is 1. The van der Waals surface area contributed by atoms with Crippen LogP contribution < -0.4 is 16.0 Å². The van der Waals surface area contributed by atoms with Crippen molar-refractivity contribution in [1.82, 2.24) is 15.3 Å². The summed E-state index contributed by atoms with van der Waals surface area (Å²) in [6.07, 6.45) is 5.59. The van der Waals surface area contributed by atoms with Crippen molar-refractivity contribution in [3.05, 3.63) is 47.4 Å². The molecule has 0 bridgehead atoms. The zero-order valence-electron chi connectivity index (χ0n) is 16.7. The highest BCUT2D eigenvalue weighted by atomic mass is 15.2.